The Balaban J connectivity index is 1.09. The van der Waals surface area contributed by atoms with Crippen molar-refractivity contribution in [1.82, 2.24) is 10.2 Å². The first-order valence-electron chi connectivity index (χ1n) is 16.6. The molecule has 3 nitrogen and oxygen atoms in total. The van der Waals surface area contributed by atoms with E-state index in [9.17, 15) is 0 Å². The lowest BCUT2D eigenvalue weighted by Crippen LogP contribution is -2.52. The van der Waals surface area contributed by atoms with Crippen LogP contribution < -0.4 is 5.32 Å². The average molecular weight is 509 g/mol. The Morgan fingerprint density at radius 1 is 0.973 bits per heavy atom. The summed E-state index contributed by atoms with van der Waals surface area (Å²) < 4.78 is 7.11. The lowest BCUT2D eigenvalue weighted by atomic mass is 9.52. The molecule has 6 fully saturated rings. The van der Waals surface area contributed by atoms with Crippen LogP contribution in [-0.2, 0) is 4.74 Å². The third-order valence-electron chi connectivity index (χ3n) is 13.8. The van der Waals surface area contributed by atoms with E-state index >= 15 is 0 Å². The molecule has 3 heteroatoms. The highest BCUT2D eigenvalue weighted by Gasteiger charge is 2.59. The van der Waals surface area contributed by atoms with Gasteiger partial charge in [-0.25, -0.2) is 0 Å². The fourth-order valence-electron chi connectivity index (χ4n) is 11.7. The lowest BCUT2D eigenvalue weighted by Gasteiger charge is -2.56. The highest BCUT2D eigenvalue weighted by Crippen LogP contribution is 2.65. The summed E-state index contributed by atoms with van der Waals surface area (Å²) in [5.74, 6) is 6.01. The molecule has 0 amide bonds. The number of rotatable bonds is 1. The molecule has 3 saturated heterocycles. The van der Waals surface area contributed by atoms with Crippen LogP contribution in [0.2, 0.25) is 0 Å². The standard InChI is InChI=1S/C34H56N2O/c1-21-7-6-14-36(20-21)26-10-12-33(5)25(16-26)8-9-28-27-11-13-34(18-23(3)29(27)17-30(28)33)24(4)32-31(37-34)15-22(2)19-35-32/h21-22,24-28,30-32,35H,6-20H2,1-5H3/t21?,22-,24+,25?,26?,27-,28-,30-,31+,32-,33-,34-/m0/s1. The number of allylic oxidation sites excluding steroid dienone is 1. The molecule has 7 rings (SSSR count). The zero-order valence-electron chi connectivity index (χ0n) is 24.7. The first kappa shape index (κ1) is 25.6. The molecule has 12 atom stereocenters. The van der Waals surface area contributed by atoms with Gasteiger partial charge in [-0.05, 0) is 138 Å². The van der Waals surface area contributed by atoms with Crippen LogP contribution in [0.25, 0.3) is 0 Å². The summed E-state index contributed by atoms with van der Waals surface area (Å²) in [7, 11) is 0. The maximum atomic E-state index is 7.11. The van der Waals surface area contributed by atoms with E-state index in [1.54, 1.807) is 5.57 Å². The maximum absolute atomic E-state index is 7.11. The molecule has 37 heavy (non-hydrogen) atoms. The molecule has 7 aliphatic rings. The molecule has 3 saturated carbocycles. The second-order valence-electron chi connectivity index (χ2n) is 15.8. The van der Waals surface area contributed by atoms with Gasteiger partial charge in [-0.1, -0.05) is 38.8 Å². The molecule has 1 spiro atoms. The molecule has 1 N–H and O–H groups in total. The predicted molar refractivity (Wildman–Crippen MR) is 152 cm³/mol. The van der Waals surface area contributed by atoms with E-state index in [4.69, 9.17) is 4.74 Å². The minimum absolute atomic E-state index is 0.0913. The van der Waals surface area contributed by atoms with Gasteiger partial charge in [0.25, 0.3) is 0 Å². The van der Waals surface area contributed by atoms with E-state index in [0.29, 0.717) is 23.5 Å². The zero-order valence-corrected chi connectivity index (χ0v) is 24.7. The summed E-state index contributed by atoms with van der Waals surface area (Å²) in [4.78, 5) is 2.92. The van der Waals surface area contributed by atoms with Crippen LogP contribution in [0.5, 0.6) is 0 Å². The molecule has 0 aromatic heterocycles. The molecule has 3 heterocycles. The monoisotopic (exact) mass is 508 g/mol. The van der Waals surface area contributed by atoms with E-state index in [2.05, 4.69) is 44.8 Å². The Hall–Kier alpha value is -0.380. The molecule has 0 aromatic rings. The van der Waals surface area contributed by atoms with E-state index in [1.165, 1.54) is 96.7 Å². The number of hydrogen-bond donors (Lipinski definition) is 1. The Morgan fingerprint density at radius 2 is 1.84 bits per heavy atom. The van der Waals surface area contributed by atoms with Crippen molar-refractivity contribution < 1.29 is 4.74 Å². The Labute approximate surface area is 227 Å². The molecule has 0 aromatic carbocycles. The molecule has 0 radical (unpaired) electrons. The smallest absolute Gasteiger partial charge is 0.0765 e. The number of hydrogen-bond acceptors (Lipinski definition) is 3. The second kappa shape index (κ2) is 9.34. The van der Waals surface area contributed by atoms with E-state index in [1.807, 2.05) is 5.57 Å². The number of nitrogens with one attached hydrogen (secondary N) is 1. The number of fused-ring (bicyclic) bond motifs is 6. The predicted octanol–water partition coefficient (Wildman–Crippen LogP) is 7.21. The SMILES string of the molecule is CC1=C2C[C@H]3[C@@H](CCC4CC(N5CCCC(C)C5)CC[C@@]43C)[C@@H]2CC[C@@]2(C1)O[C@@H]1C[C@H](C)CN[C@H]1[C@H]2C. The Bertz CT molecular complexity index is 913. The largest absolute Gasteiger partial charge is 0.369 e. The summed E-state index contributed by atoms with van der Waals surface area (Å²) in [5.41, 5.74) is 4.33. The third kappa shape index (κ3) is 4.06. The number of nitrogens with zero attached hydrogens (tertiary/aromatic N) is 1. The van der Waals surface area contributed by atoms with E-state index < -0.39 is 0 Å². The van der Waals surface area contributed by atoms with Crippen LogP contribution in [0.4, 0.5) is 0 Å². The van der Waals surface area contributed by atoms with Crippen molar-refractivity contribution in [2.45, 2.75) is 135 Å². The lowest BCUT2D eigenvalue weighted by molar-refractivity contribution is -0.0773. The molecular weight excluding hydrogens is 452 g/mol. The van der Waals surface area contributed by atoms with Crippen molar-refractivity contribution in [3.05, 3.63) is 11.1 Å². The van der Waals surface area contributed by atoms with Crippen LogP contribution in [0.15, 0.2) is 11.1 Å². The number of piperidine rings is 2. The van der Waals surface area contributed by atoms with Gasteiger partial charge < -0.3 is 15.0 Å². The Kier molecular flexibility index (Phi) is 6.45. The van der Waals surface area contributed by atoms with Crippen molar-refractivity contribution in [1.29, 1.82) is 0 Å². The van der Waals surface area contributed by atoms with Crippen molar-refractivity contribution in [2.24, 2.45) is 46.8 Å². The molecular formula is C34H56N2O. The average Bonchev–Trinajstić information content (AvgIpc) is 3.33. The van der Waals surface area contributed by atoms with Gasteiger partial charge in [-0.3, -0.25) is 0 Å². The molecule has 4 aliphatic carbocycles. The normalized spacial score (nSPS) is 54.4. The number of ether oxygens (including phenoxy) is 1. The quantitative estimate of drug-likeness (QED) is 0.379. The van der Waals surface area contributed by atoms with E-state index in [-0.39, 0.29) is 5.60 Å². The van der Waals surface area contributed by atoms with Crippen molar-refractivity contribution in [3.8, 4) is 0 Å². The maximum Gasteiger partial charge on any atom is 0.0765 e. The van der Waals surface area contributed by atoms with Crippen LogP contribution in [-0.4, -0.2) is 48.3 Å². The minimum atomic E-state index is 0.0913. The highest BCUT2D eigenvalue weighted by molar-refractivity contribution is 5.29. The summed E-state index contributed by atoms with van der Waals surface area (Å²) in [6.07, 6.45) is 17.4. The van der Waals surface area contributed by atoms with Crippen LogP contribution in [0.3, 0.4) is 0 Å². The van der Waals surface area contributed by atoms with Gasteiger partial charge in [0.1, 0.15) is 0 Å². The van der Waals surface area contributed by atoms with Gasteiger partial charge in [0.05, 0.1) is 11.7 Å². The van der Waals surface area contributed by atoms with Crippen LogP contribution >= 0.6 is 0 Å². The molecule has 208 valence electrons. The van der Waals surface area contributed by atoms with Gasteiger partial charge >= 0.3 is 0 Å². The summed E-state index contributed by atoms with van der Waals surface area (Å²) >= 11 is 0. The third-order valence-corrected chi connectivity index (χ3v) is 13.8. The van der Waals surface area contributed by atoms with Gasteiger partial charge in [0.2, 0.25) is 0 Å². The fraction of sp³-hybridized carbons (Fsp3) is 0.941. The highest BCUT2D eigenvalue weighted by atomic mass is 16.5. The zero-order chi connectivity index (χ0) is 25.5. The number of likely N-dealkylation sites (tertiary alicyclic amines) is 1. The first-order valence-corrected chi connectivity index (χ1v) is 16.6. The summed E-state index contributed by atoms with van der Waals surface area (Å²) in [6.45, 7) is 16.6. The van der Waals surface area contributed by atoms with E-state index in [0.717, 1.165) is 41.5 Å². The van der Waals surface area contributed by atoms with Gasteiger partial charge in [0, 0.05) is 24.5 Å². The van der Waals surface area contributed by atoms with Crippen molar-refractivity contribution >= 4 is 0 Å². The summed E-state index contributed by atoms with van der Waals surface area (Å²) in [5, 5.41) is 3.90. The first-order chi connectivity index (χ1) is 17.8. The van der Waals surface area contributed by atoms with Crippen LogP contribution in [0, 0.1) is 46.8 Å². The molecule has 3 aliphatic heterocycles. The molecule has 0 bridgehead atoms. The van der Waals surface area contributed by atoms with Gasteiger partial charge in [-0.2, -0.15) is 0 Å². The van der Waals surface area contributed by atoms with Crippen molar-refractivity contribution in [2.75, 3.05) is 19.6 Å². The summed E-state index contributed by atoms with van der Waals surface area (Å²) in [6, 6.07) is 1.46. The second-order valence-corrected chi connectivity index (χ2v) is 15.8. The topological polar surface area (TPSA) is 24.5 Å². The van der Waals surface area contributed by atoms with Gasteiger partial charge in [-0.15, -0.1) is 0 Å². The van der Waals surface area contributed by atoms with Gasteiger partial charge in [0.15, 0.2) is 0 Å². The fourth-order valence-corrected chi connectivity index (χ4v) is 11.7. The van der Waals surface area contributed by atoms with Crippen molar-refractivity contribution in [3.63, 3.8) is 0 Å². The Morgan fingerprint density at radius 3 is 2.68 bits per heavy atom. The van der Waals surface area contributed by atoms with Crippen LogP contribution in [0.1, 0.15) is 112 Å². The minimum Gasteiger partial charge on any atom is -0.369 e. The molecule has 3 unspecified atom stereocenters.